The van der Waals surface area contributed by atoms with Crippen molar-refractivity contribution in [3.05, 3.63) is 78.4 Å². The van der Waals surface area contributed by atoms with Gasteiger partial charge >= 0.3 is 0 Å². The maximum absolute atomic E-state index is 12.7. The number of nitrogens with zero attached hydrogens (tertiary/aromatic N) is 1. The Labute approximate surface area is 195 Å². The lowest BCUT2D eigenvalue weighted by Gasteiger charge is -2.30. The van der Waals surface area contributed by atoms with E-state index in [-0.39, 0.29) is 29.9 Å². The molecule has 2 N–H and O–H groups in total. The van der Waals surface area contributed by atoms with Gasteiger partial charge in [0, 0.05) is 31.2 Å². The van der Waals surface area contributed by atoms with Gasteiger partial charge in [0.25, 0.3) is 0 Å². The van der Waals surface area contributed by atoms with Gasteiger partial charge in [0.05, 0.1) is 11.5 Å². The molecule has 0 aliphatic carbocycles. The second kappa shape index (κ2) is 11.1. The van der Waals surface area contributed by atoms with Crippen molar-refractivity contribution < 1.29 is 21.6 Å². The first kappa shape index (κ1) is 25.1. The first-order valence-electron chi connectivity index (χ1n) is 10.7. The van der Waals surface area contributed by atoms with Gasteiger partial charge in [0.1, 0.15) is 0 Å². The molecule has 0 saturated carbocycles. The number of hydrogen-bond donors (Lipinski definition) is 2. The van der Waals surface area contributed by atoms with Crippen LogP contribution in [0.4, 0.5) is 5.69 Å². The Kier molecular flexibility index (Phi) is 8.41. The Morgan fingerprint density at radius 3 is 2.15 bits per heavy atom. The number of hydrogen-bond acceptors (Lipinski definition) is 5. The molecule has 0 radical (unpaired) electrons. The molecule has 0 spiro atoms. The highest BCUT2D eigenvalue weighted by Gasteiger charge is 2.31. The van der Waals surface area contributed by atoms with Crippen molar-refractivity contribution in [3.8, 4) is 0 Å². The van der Waals surface area contributed by atoms with Crippen LogP contribution in [-0.2, 0) is 36.3 Å². The third-order valence-electron chi connectivity index (χ3n) is 5.44. The van der Waals surface area contributed by atoms with Crippen molar-refractivity contribution in [2.24, 2.45) is 5.92 Å². The van der Waals surface area contributed by atoms with Crippen molar-refractivity contribution in [2.75, 3.05) is 25.0 Å². The fourth-order valence-corrected chi connectivity index (χ4v) is 6.33. The molecule has 10 heteroatoms. The summed E-state index contributed by atoms with van der Waals surface area (Å²) in [6.45, 7) is 4.27. The molecule has 0 atom stereocenters. The van der Waals surface area contributed by atoms with Crippen LogP contribution in [0.1, 0.15) is 24.0 Å². The average molecular weight is 492 g/mol. The van der Waals surface area contributed by atoms with E-state index >= 15 is 0 Å². The topological polar surface area (TPSA) is 113 Å². The number of carbonyl (C=O) groups excluding carboxylic acids is 1. The normalized spacial score (nSPS) is 15.8. The zero-order valence-electron chi connectivity index (χ0n) is 18.3. The smallest absolute Gasteiger partial charge is 0.227 e. The summed E-state index contributed by atoms with van der Waals surface area (Å²) in [5, 5.41) is 2.84. The second-order valence-electron chi connectivity index (χ2n) is 8.00. The molecular weight excluding hydrogens is 462 g/mol. The summed E-state index contributed by atoms with van der Waals surface area (Å²) in [5.74, 6) is -0.652. The maximum atomic E-state index is 12.7. The van der Waals surface area contributed by atoms with Crippen LogP contribution in [0.25, 0.3) is 0 Å². The van der Waals surface area contributed by atoms with E-state index in [4.69, 9.17) is 0 Å². The van der Waals surface area contributed by atoms with Crippen molar-refractivity contribution >= 4 is 31.6 Å². The molecule has 0 unspecified atom stereocenters. The molecule has 1 heterocycles. The van der Waals surface area contributed by atoms with Crippen LogP contribution in [0.2, 0.25) is 0 Å². The minimum Gasteiger partial charge on any atom is -0.326 e. The van der Waals surface area contributed by atoms with E-state index in [2.05, 4.69) is 16.6 Å². The van der Waals surface area contributed by atoms with Gasteiger partial charge in [-0.25, -0.2) is 25.9 Å². The molecule has 0 aromatic heterocycles. The standard InChI is InChI=1S/C23H29N3O5S2/c1-2-14-24-32(28,29)17-20-8-10-22(11-9-20)25-23(27)21-12-15-26(16-13-21)33(30,31)18-19-6-4-3-5-7-19/h2-11,21,24H,1,12-18H2,(H,25,27). The lowest BCUT2D eigenvalue weighted by atomic mass is 9.97. The zero-order chi connectivity index (χ0) is 23.9. The highest BCUT2D eigenvalue weighted by Crippen LogP contribution is 2.23. The van der Waals surface area contributed by atoms with E-state index in [1.807, 2.05) is 18.2 Å². The summed E-state index contributed by atoms with van der Waals surface area (Å²) in [7, 11) is -6.88. The van der Waals surface area contributed by atoms with E-state index < -0.39 is 20.0 Å². The minimum absolute atomic E-state index is 0.0458. The van der Waals surface area contributed by atoms with E-state index in [9.17, 15) is 21.6 Å². The summed E-state index contributed by atoms with van der Waals surface area (Å²) >= 11 is 0. The molecule has 1 fully saturated rings. The molecule has 1 aliphatic rings. The molecule has 0 bridgehead atoms. The molecule has 1 aliphatic heterocycles. The molecule has 1 amide bonds. The number of piperidine rings is 1. The van der Waals surface area contributed by atoms with Gasteiger partial charge in [0.15, 0.2) is 0 Å². The highest BCUT2D eigenvalue weighted by atomic mass is 32.2. The number of anilines is 1. The number of sulfonamides is 2. The molecule has 178 valence electrons. The van der Waals surface area contributed by atoms with E-state index in [0.29, 0.717) is 37.2 Å². The predicted molar refractivity (Wildman–Crippen MR) is 129 cm³/mol. The average Bonchev–Trinajstić information content (AvgIpc) is 2.79. The van der Waals surface area contributed by atoms with Gasteiger partial charge in [-0.2, -0.15) is 0 Å². The first-order chi connectivity index (χ1) is 15.7. The van der Waals surface area contributed by atoms with E-state index in [1.54, 1.807) is 36.4 Å². The van der Waals surface area contributed by atoms with Crippen molar-refractivity contribution in [1.29, 1.82) is 0 Å². The number of rotatable bonds is 10. The summed E-state index contributed by atoms with van der Waals surface area (Å²) < 4.78 is 53.1. The molecule has 1 saturated heterocycles. The Hall–Kier alpha value is -2.53. The zero-order valence-corrected chi connectivity index (χ0v) is 19.9. The van der Waals surface area contributed by atoms with E-state index in [1.165, 1.54) is 10.4 Å². The molecule has 8 nitrogen and oxygen atoms in total. The summed E-state index contributed by atoms with van der Waals surface area (Å²) in [5.41, 5.74) is 1.91. The number of nitrogens with one attached hydrogen (secondary N) is 2. The van der Waals surface area contributed by atoms with Crippen LogP contribution in [0.5, 0.6) is 0 Å². The molecular formula is C23H29N3O5S2. The Balaban J connectivity index is 1.50. The van der Waals surface area contributed by atoms with Crippen molar-refractivity contribution in [2.45, 2.75) is 24.3 Å². The molecule has 2 aromatic rings. The SMILES string of the molecule is C=CCNS(=O)(=O)Cc1ccc(NC(=O)C2CCN(S(=O)(=O)Cc3ccccc3)CC2)cc1. The first-order valence-corrected chi connectivity index (χ1v) is 13.9. The van der Waals surface area contributed by atoms with Gasteiger partial charge in [-0.3, -0.25) is 4.79 Å². The van der Waals surface area contributed by atoms with E-state index in [0.717, 1.165) is 5.56 Å². The largest absolute Gasteiger partial charge is 0.326 e. The van der Waals surface area contributed by atoms with Crippen molar-refractivity contribution in [3.63, 3.8) is 0 Å². The maximum Gasteiger partial charge on any atom is 0.227 e. The van der Waals surface area contributed by atoms with Gasteiger partial charge in [0.2, 0.25) is 26.0 Å². The lowest BCUT2D eigenvalue weighted by Crippen LogP contribution is -2.41. The number of amides is 1. The highest BCUT2D eigenvalue weighted by molar-refractivity contribution is 7.88. The van der Waals surface area contributed by atoms with Crippen LogP contribution >= 0.6 is 0 Å². The Morgan fingerprint density at radius 2 is 1.55 bits per heavy atom. The Morgan fingerprint density at radius 1 is 0.939 bits per heavy atom. The Bertz CT molecular complexity index is 1160. The fourth-order valence-electron chi connectivity index (χ4n) is 3.66. The van der Waals surface area contributed by atoms with Gasteiger partial charge in [-0.1, -0.05) is 48.5 Å². The van der Waals surface area contributed by atoms with Gasteiger partial charge < -0.3 is 5.32 Å². The van der Waals surface area contributed by atoms with Crippen molar-refractivity contribution in [1.82, 2.24) is 9.03 Å². The molecule has 33 heavy (non-hydrogen) atoms. The minimum atomic E-state index is -3.45. The molecule has 3 rings (SSSR count). The lowest BCUT2D eigenvalue weighted by molar-refractivity contribution is -0.120. The fraction of sp³-hybridized carbons (Fsp3) is 0.348. The quantitative estimate of drug-likeness (QED) is 0.496. The van der Waals surface area contributed by atoms with Crippen LogP contribution in [-0.4, -0.2) is 46.7 Å². The number of carbonyl (C=O) groups is 1. The predicted octanol–water partition coefficient (Wildman–Crippen LogP) is 2.47. The van der Waals surface area contributed by atoms with Crippen LogP contribution < -0.4 is 10.0 Å². The van der Waals surface area contributed by atoms with Crippen LogP contribution in [0.15, 0.2) is 67.3 Å². The van der Waals surface area contributed by atoms with Gasteiger partial charge in [-0.05, 0) is 36.1 Å². The monoisotopic (exact) mass is 491 g/mol. The third kappa shape index (κ3) is 7.50. The summed E-state index contributed by atoms with van der Waals surface area (Å²) in [6, 6.07) is 15.7. The second-order valence-corrected chi connectivity index (χ2v) is 11.8. The molecule has 2 aromatic carbocycles. The summed E-state index contributed by atoms with van der Waals surface area (Å²) in [4.78, 5) is 12.7. The summed E-state index contributed by atoms with van der Waals surface area (Å²) in [6.07, 6.45) is 2.37. The number of benzene rings is 2. The van der Waals surface area contributed by atoms with Crippen LogP contribution in [0.3, 0.4) is 0 Å². The third-order valence-corrected chi connectivity index (χ3v) is 8.61. The van der Waals surface area contributed by atoms with Gasteiger partial charge in [-0.15, -0.1) is 6.58 Å². The van der Waals surface area contributed by atoms with Crippen LogP contribution in [0, 0.1) is 5.92 Å².